The van der Waals surface area contributed by atoms with Crippen LogP contribution >= 0.6 is 0 Å². The number of allylic oxidation sites excluding steroid dienone is 8. The first-order valence-corrected chi connectivity index (χ1v) is 7.56. The normalized spacial score (nSPS) is 9.58. The summed E-state index contributed by atoms with van der Waals surface area (Å²) in [5, 5.41) is 0. The van der Waals surface area contributed by atoms with Gasteiger partial charge in [-0.25, -0.2) is 0 Å². The lowest BCUT2D eigenvalue weighted by Gasteiger charge is -2.01. The van der Waals surface area contributed by atoms with Crippen molar-refractivity contribution in [2.75, 3.05) is 0 Å². The molecule has 112 valence electrons. The van der Waals surface area contributed by atoms with Crippen molar-refractivity contribution in [2.24, 2.45) is 0 Å². The van der Waals surface area contributed by atoms with Gasteiger partial charge in [-0.1, -0.05) is 98.1 Å². The van der Waals surface area contributed by atoms with Gasteiger partial charge in [-0.05, 0) is 24.5 Å². The highest BCUT2D eigenvalue weighted by atomic mass is 14.0. The van der Waals surface area contributed by atoms with Crippen molar-refractivity contribution in [3.63, 3.8) is 0 Å². The molecule has 0 aliphatic carbocycles. The van der Waals surface area contributed by atoms with E-state index < -0.39 is 0 Å². The second kappa shape index (κ2) is 30.1. The predicted molar refractivity (Wildman–Crippen MR) is 95.7 cm³/mol. The lowest BCUT2D eigenvalue weighted by atomic mass is 10.0. The second-order valence-corrected chi connectivity index (χ2v) is 2.69. The molecule has 0 aromatic heterocycles. The molecular weight excluding hydrogens is 228 g/mol. The zero-order valence-corrected chi connectivity index (χ0v) is 14.6. The largest absolute Gasteiger partial charge is 0.0991 e. The maximum absolute atomic E-state index is 3.98. The molecule has 19 heavy (non-hydrogen) atoms. The fourth-order valence-corrected chi connectivity index (χ4v) is 1.01. The van der Waals surface area contributed by atoms with E-state index >= 15 is 0 Å². The predicted octanol–water partition coefficient (Wildman–Crippen LogP) is 7.28. The zero-order chi connectivity index (χ0) is 16.1. The summed E-state index contributed by atoms with van der Waals surface area (Å²) in [6.07, 6.45) is 12.8. The van der Waals surface area contributed by atoms with E-state index in [1.54, 1.807) is 6.08 Å². The molecule has 0 nitrogen and oxygen atoms in total. The van der Waals surface area contributed by atoms with Crippen molar-refractivity contribution in [2.45, 2.75) is 61.8 Å². The summed E-state index contributed by atoms with van der Waals surface area (Å²) in [5.74, 6) is 0. The Bertz CT molecular complexity index is 249. The minimum atomic E-state index is 1.00. The van der Waals surface area contributed by atoms with Crippen molar-refractivity contribution in [3.8, 4) is 0 Å². The number of rotatable bonds is 5. The molecule has 0 heteroatoms. The van der Waals surface area contributed by atoms with E-state index in [0.29, 0.717) is 0 Å². The van der Waals surface area contributed by atoms with Crippen LogP contribution in [0.15, 0.2) is 60.8 Å². The molecule has 0 rings (SSSR count). The van der Waals surface area contributed by atoms with E-state index in [4.69, 9.17) is 0 Å². The van der Waals surface area contributed by atoms with Gasteiger partial charge >= 0.3 is 0 Å². The molecule has 0 aliphatic rings. The van der Waals surface area contributed by atoms with Crippen LogP contribution < -0.4 is 0 Å². The SMILES string of the molecule is C=C/C=C\C=C(\CC)C(=C)/C=C\C.CC.CC.CC. The molecule has 0 unspecified atom stereocenters. The van der Waals surface area contributed by atoms with E-state index in [2.05, 4.69) is 26.2 Å². The molecule has 0 aromatic rings. The molecule has 0 aliphatic heterocycles. The minimum Gasteiger partial charge on any atom is -0.0991 e. The van der Waals surface area contributed by atoms with Gasteiger partial charge in [0.15, 0.2) is 0 Å². The zero-order valence-electron chi connectivity index (χ0n) is 14.6. The fourth-order valence-electron chi connectivity index (χ4n) is 1.01. The Morgan fingerprint density at radius 3 is 1.74 bits per heavy atom. The van der Waals surface area contributed by atoms with Gasteiger partial charge in [-0.3, -0.25) is 0 Å². The standard InChI is InChI=1S/C13H18.3C2H6/c1-5-8-9-11-13(7-3)12(4)10-6-2;3*1-2/h5-6,8-11H,1,4,7H2,2-3H3;3*1-2H3/b9-8-,10-6-,13-11-;;;. The molecule has 0 spiro atoms. The molecule has 0 aromatic carbocycles. The van der Waals surface area contributed by atoms with E-state index in [9.17, 15) is 0 Å². The topological polar surface area (TPSA) is 0 Å². The van der Waals surface area contributed by atoms with Crippen LogP contribution in [0.2, 0.25) is 0 Å². The van der Waals surface area contributed by atoms with Crippen molar-refractivity contribution in [1.82, 2.24) is 0 Å². The Hall–Kier alpha value is -1.30. The Labute approximate surface area is 123 Å². The summed E-state index contributed by atoms with van der Waals surface area (Å²) in [5.41, 5.74) is 2.34. The molecule has 0 fully saturated rings. The third-order valence-electron chi connectivity index (χ3n) is 1.71. The van der Waals surface area contributed by atoms with Crippen LogP contribution in [0.1, 0.15) is 61.8 Å². The van der Waals surface area contributed by atoms with E-state index in [-0.39, 0.29) is 0 Å². The van der Waals surface area contributed by atoms with E-state index in [1.807, 2.05) is 72.8 Å². The Kier molecular flexibility index (Phi) is 41.6. The van der Waals surface area contributed by atoms with Crippen LogP contribution in [0.4, 0.5) is 0 Å². The molecular formula is C19H36. The van der Waals surface area contributed by atoms with Crippen LogP contribution in [0.25, 0.3) is 0 Å². The van der Waals surface area contributed by atoms with Gasteiger partial charge in [0.1, 0.15) is 0 Å². The van der Waals surface area contributed by atoms with Gasteiger partial charge < -0.3 is 0 Å². The van der Waals surface area contributed by atoms with Gasteiger partial charge in [-0.15, -0.1) is 0 Å². The summed E-state index contributed by atoms with van der Waals surface area (Å²) in [6.45, 7) is 23.7. The lowest BCUT2D eigenvalue weighted by Crippen LogP contribution is -1.81. The highest BCUT2D eigenvalue weighted by molar-refractivity contribution is 5.39. The van der Waals surface area contributed by atoms with Gasteiger partial charge in [0.2, 0.25) is 0 Å². The number of hydrogen-bond donors (Lipinski definition) is 0. The molecule has 0 radical (unpaired) electrons. The van der Waals surface area contributed by atoms with Gasteiger partial charge in [-0.2, -0.15) is 0 Å². The summed E-state index contributed by atoms with van der Waals surface area (Å²) in [7, 11) is 0. The maximum atomic E-state index is 3.98. The first kappa shape index (κ1) is 26.3. The third kappa shape index (κ3) is 22.4. The van der Waals surface area contributed by atoms with E-state index in [1.165, 1.54) is 5.57 Å². The van der Waals surface area contributed by atoms with Crippen LogP contribution in [0, 0.1) is 0 Å². The molecule has 0 bridgehead atoms. The molecule has 0 saturated carbocycles. The highest BCUT2D eigenvalue weighted by Crippen LogP contribution is 2.13. The quantitative estimate of drug-likeness (QED) is 0.458. The second-order valence-electron chi connectivity index (χ2n) is 2.69. The van der Waals surface area contributed by atoms with Gasteiger partial charge in [0.25, 0.3) is 0 Å². The Morgan fingerprint density at radius 2 is 1.42 bits per heavy atom. The average Bonchev–Trinajstić information content (AvgIpc) is 2.50. The van der Waals surface area contributed by atoms with Crippen molar-refractivity contribution in [1.29, 1.82) is 0 Å². The Balaban J connectivity index is -0.000000163. The highest BCUT2D eigenvalue weighted by Gasteiger charge is 1.93. The van der Waals surface area contributed by atoms with Gasteiger partial charge in [0, 0.05) is 0 Å². The van der Waals surface area contributed by atoms with Crippen LogP contribution in [0.5, 0.6) is 0 Å². The first-order valence-electron chi connectivity index (χ1n) is 7.56. The molecule has 0 atom stereocenters. The molecule has 0 saturated heterocycles. The first-order chi connectivity index (χ1) is 9.26. The maximum Gasteiger partial charge on any atom is -0.0300 e. The van der Waals surface area contributed by atoms with Crippen molar-refractivity contribution >= 4 is 0 Å². The fraction of sp³-hybridized carbons (Fsp3) is 0.474. The summed E-state index contributed by atoms with van der Waals surface area (Å²) < 4.78 is 0. The third-order valence-corrected chi connectivity index (χ3v) is 1.71. The van der Waals surface area contributed by atoms with Gasteiger partial charge in [0.05, 0.1) is 0 Å². The van der Waals surface area contributed by atoms with E-state index in [0.717, 1.165) is 12.0 Å². The smallest absolute Gasteiger partial charge is 0.0300 e. The van der Waals surface area contributed by atoms with Crippen LogP contribution in [0.3, 0.4) is 0 Å². The monoisotopic (exact) mass is 264 g/mol. The van der Waals surface area contributed by atoms with Crippen LogP contribution in [-0.4, -0.2) is 0 Å². The summed E-state index contributed by atoms with van der Waals surface area (Å²) >= 11 is 0. The van der Waals surface area contributed by atoms with Crippen LogP contribution in [-0.2, 0) is 0 Å². The summed E-state index contributed by atoms with van der Waals surface area (Å²) in [4.78, 5) is 0. The molecule has 0 amide bonds. The summed E-state index contributed by atoms with van der Waals surface area (Å²) in [6, 6.07) is 0. The Morgan fingerprint density at radius 1 is 0.947 bits per heavy atom. The lowest BCUT2D eigenvalue weighted by molar-refractivity contribution is 1.13. The molecule has 0 N–H and O–H groups in total. The van der Waals surface area contributed by atoms with Crippen molar-refractivity contribution in [3.05, 3.63) is 60.8 Å². The average molecular weight is 264 g/mol. The van der Waals surface area contributed by atoms with Crippen molar-refractivity contribution < 1.29 is 0 Å². The minimum absolute atomic E-state index is 1.00. The number of hydrogen-bond acceptors (Lipinski definition) is 0. The molecule has 0 heterocycles.